The lowest BCUT2D eigenvalue weighted by molar-refractivity contribution is 0.276. The number of aromatic amines is 2. The van der Waals surface area contributed by atoms with Crippen molar-refractivity contribution in [3.8, 4) is 11.4 Å². The molecule has 0 fully saturated rings. The highest BCUT2D eigenvalue weighted by molar-refractivity contribution is 14.1. The molecule has 6 heteroatoms. The summed E-state index contributed by atoms with van der Waals surface area (Å²) in [5.74, 6) is 0.493. The topological polar surface area (TPSA) is 81.8 Å². The molecule has 2 rings (SSSR count). The SMILES string of the molecule is Cc1[nH]c(-c2c(I)cc[nH]c2=O)nc1CO. The minimum atomic E-state index is -0.190. The summed E-state index contributed by atoms with van der Waals surface area (Å²) in [6.07, 6.45) is 1.59. The van der Waals surface area contributed by atoms with Crippen molar-refractivity contribution >= 4 is 22.6 Å². The lowest BCUT2D eigenvalue weighted by atomic mass is 10.3. The molecule has 84 valence electrons. The smallest absolute Gasteiger partial charge is 0.260 e. The fraction of sp³-hybridized carbons (Fsp3) is 0.200. The molecule has 0 aromatic carbocycles. The van der Waals surface area contributed by atoms with Gasteiger partial charge in [-0.05, 0) is 35.6 Å². The number of nitrogens with one attached hydrogen (secondary N) is 2. The second kappa shape index (κ2) is 4.38. The van der Waals surface area contributed by atoms with Crippen molar-refractivity contribution in [3.05, 3.63) is 37.6 Å². The van der Waals surface area contributed by atoms with Gasteiger partial charge in [0.25, 0.3) is 5.56 Å². The Hall–Kier alpha value is -1.15. The monoisotopic (exact) mass is 331 g/mol. The predicted molar refractivity (Wildman–Crippen MR) is 68.0 cm³/mol. The molecule has 0 amide bonds. The van der Waals surface area contributed by atoms with Crippen LogP contribution in [0.4, 0.5) is 0 Å². The summed E-state index contributed by atoms with van der Waals surface area (Å²) in [5, 5.41) is 9.05. The number of nitrogens with zero attached hydrogens (tertiary/aromatic N) is 1. The quantitative estimate of drug-likeness (QED) is 0.723. The van der Waals surface area contributed by atoms with Crippen LogP contribution in [0.2, 0.25) is 0 Å². The summed E-state index contributed by atoms with van der Waals surface area (Å²) in [4.78, 5) is 21.5. The molecular weight excluding hydrogens is 321 g/mol. The van der Waals surface area contributed by atoms with E-state index in [9.17, 15) is 4.79 Å². The molecule has 2 aromatic rings. The lowest BCUT2D eigenvalue weighted by Gasteiger charge is -1.98. The highest BCUT2D eigenvalue weighted by Crippen LogP contribution is 2.19. The van der Waals surface area contributed by atoms with Crippen molar-refractivity contribution in [1.82, 2.24) is 15.0 Å². The first kappa shape index (κ1) is 11.3. The zero-order valence-corrected chi connectivity index (χ0v) is 10.7. The van der Waals surface area contributed by atoms with E-state index in [1.165, 1.54) is 0 Å². The van der Waals surface area contributed by atoms with E-state index in [4.69, 9.17) is 5.11 Å². The summed E-state index contributed by atoms with van der Waals surface area (Å²) < 4.78 is 0.819. The maximum absolute atomic E-state index is 11.7. The summed E-state index contributed by atoms with van der Waals surface area (Å²) in [6, 6.07) is 1.80. The normalized spacial score (nSPS) is 10.7. The van der Waals surface area contributed by atoms with Gasteiger partial charge >= 0.3 is 0 Å². The second-order valence-corrected chi connectivity index (χ2v) is 4.51. The fourth-order valence-corrected chi connectivity index (χ4v) is 2.12. The third kappa shape index (κ3) is 1.90. The van der Waals surface area contributed by atoms with Gasteiger partial charge in [-0.25, -0.2) is 4.98 Å². The van der Waals surface area contributed by atoms with E-state index < -0.39 is 0 Å². The Morgan fingerprint density at radius 3 is 2.88 bits per heavy atom. The van der Waals surface area contributed by atoms with Crippen molar-refractivity contribution in [2.45, 2.75) is 13.5 Å². The van der Waals surface area contributed by atoms with Crippen LogP contribution in [0, 0.1) is 10.5 Å². The van der Waals surface area contributed by atoms with Crippen molar-refractivity contribution in [2.75, 3.05) is 0 Å². The summed E-state index contributed by atoms with van der Waals surface area (Å²) in [6.45, 7) is 1.68. The molecule has 0 aliphatic rings. The number of H-pyrrole nitrogens is 2. The maximum atomic E-state index is 11.7. The first-order valence-electron chi connectivity index (χ1n) is 4.67. The Labute approximate surface area is 105 Å². The summed E-state index contributed by atoms with van der Waals surface area (Å²) in [5.41, 5.74) is 1.65. The van der Waals surface area contributed by atoms with Gasteiger partial charge in [0, 0.05) is 15.5 Å². The van der Waals surface area contributed by atoms with Crippen LogP contribution < -0.4 is 5.56 Å². The third-order valence-corrected chi connectivity index (χ3v) is 3.18. The minimum Gasteiger partial charge on any atom is -0.390 e. The zero-order valence-electron chi connectivity index (χ0n) is 8.54. The largest absolute Gasteiger partial charge is 0.390 e. The van der Waals surface area contributed by atoms with E-state index in [1.807, 2.05) is 6.92 Å². The average molecular weight is 331 g/mol. The van der Waals surface area contributed by atoms with Gasteiger partial charge in [0.15, 0.2) is 0 Å². The van der Waals surface area contributed by atoms with Crippen LogP contribution in [0.1, 0.15) is 11.4 Å². The highest BCUT2D eigenvalue weighted by atomic mass is 127. The molecule has 2 heterocycles. The number of aromatic nitrogens is 3. The van der Waals surface area contributed by atoms with Crippen LogP contribution in [0.25, 0.3) is 11.4 Å². The second-order valence-electron chi connectivity index (χ2n) is 3.34. The Bertz CT molecular complexity index is 574. The third-order valence-electron chi connectivity index (χ3n) is 2.28. The van der Waals surface area contributed by atoms with Gasteiger partial charge in [0.2, 0.25) is 0 Å². The molecular formula is C10H10IN3O2. The van der Waals surface area contributed by atoms with E-state index >= 15 is 0 Å². The Morgan fingerprint density at radius 1 is 1.56 bits per heavy atom. The van der Waals surface area contributed by atoms with Crippen LogP contribution in [0.3, 0.4) is 0 Å². The number of hydrogen-bond acceptors (Lipinski definition) is 3. The molecule has 0 saturated heterocycles. The molecule has 2 aromatic heterocycles. The van der Waals surface area contributed by atoms with Crippen LogP contribution in [0.15, 0.2) is 17.1 Å². The molecule has 0 atom stereocenters. The van der Waals surface area contributed by atoms with Gasteiger partial charge in [0.1, 0.15) is 5.82 Å². The first-order valence-corrected chi connectivity index (χ1v) is 5.75. The van der Waals surface area contributed by atoms with Crippen molar-refractivity contribution in [1.29, 1.82) is 0 Å². The standard InChI is InChI=1S/C10H10IN3O2/c1-5-7(4-15)14-9(13-5)8-6(11)2-3-12-10(8)16/h2-3,15H,4H2,1H3,(H,12,16)(H,13,14). The van der Waals surface area contributed by atoms with E-state index in [0.29, 0.717) is 17.1 Å². The van der Waals surface area contributed by atoms with Gasteiger partial charge in [-0.3, -0.25) is 4.79 Å². The lowest BCUT2D eigenvalue weighted by Crippen LogP contribution is -2.10. The number of halogens is 1. The highest BCUT2D eigenvalue weighted by Gasteiger charge is 2.13. The van der Waals surface area contributed by atoms with E-state index in [-0.39, 0.29) is 12.2 Å². The van der Waals surface area contributed by atoms with Crippen LogP contribution in [0.5, 0.6) is 0 Å². The summed E-state index contributed by atoms with van der Waals surface area (Å²) in [7, 11) is 0. The number of rotatable bonds is 2. The van der Waals surface area contributed by atoms with Crippen molar-refractivity contribution in [2.24, 2.45) is 0 Å². The molecule has 0 unspecified atom stereocenters. The number of aliphatic hydroxyl groups is 1. The number of aryl methyl sites for hydroxylation is 1. The molecule has 0 bridgehead atoms. The van der Waals surface area contributed by atoms with Crippen molar-refractivity contribution < 1.29 is 5.11 Å². The molecule has 0 aliphatic heterocycles. The van der Waals surface area contributed by atoms with Crippen molar-refractivity contribution in [3.63, 3.8) is 0 Å². The number of aliphatic hydroxyl groups excluding tert-OH is 1. The van der Waals surface area contributed by atoms with Gasteiger partial charge in [-0.2, -0.15) is 0 Å². The molecule has 5 nitrogen and oxygen atoms in total. The number of hydrogen-bond donors (Lipinski definition) is 3. The van der Waals surface area contributed by atoms with E-state index in [1.54, 1.807) is 12.3 Å². The molecule has 16 heavy (non-hydrogen) atoms. The van der Waals surface area contributed by atoms with Gasteiger partial charge < -0.3 is 15.1 Å². The zero-order chi connectivity index (χ0) is 11.7. The Balaban J connectivity index is 2.63. The molecule has 0 aliphatic carbocycles. The summed E-state index contributed by atoms with van der Waals surface area (Å²) >= 11 is 2.08. The predicted octanol–water partition coefficient (Wildman–Crippen LogP) is 1.17. The Morgan fingerprint density at radius 2 is 2.31 bits per heavy atom. The van der Waals surface area contributed by atoms with E-state index in [0.717, 1.165) is 9.26 Å². The minimum absolute atomic E-state index is 0.135. The van der Waals surface area contributed by atoms with Gasteiger partial charge in [-0.1, -0.05) is 0 Å². The Kier molecular flexibility index (Phi) is 3.10. The van der Waals surface area contributed by atoms with Gasteiger partial charge in [0.05, 0.1) is 17.9 Å². The molecule has 0 radical (unpaired) electrons. The van der Waals surface area contributed by atoms with Crippen LogP contribution >= 0.6 is 22.6 Å². The fourth-order valence-electron chi connectivity index (χ4n) is 1.44. The first-order chi connectivity index (χ1) is 7.63. The maximum Gasteiger partial charge on any atom is 0.260 e. The average Bonchev–Trinajstić information content (AvgIpc) is 2.59. The van der Waals surface area contributed by atoms with Crippen LogP contribution in [-0.2, 0) is 6.61 Å². The molecule has 3 N–H and O–H groups in total. The van der Waals surface area contributed by atoms with E-state index in [2.05, 4.69) is 37.5 Å². The van der Waals surface area contributed by atoms with Gasteiger partial charge in [-0.15, -0.1) is 0 Å². The van der Waals surface area contributed by atoms with Crippen LogP contribution in [-0.4, -0.2) is 20.1 Å². The molecule has 0 saturated carbocycles. The molecule has 0 spiro atoms. The number of pyridine rings is 1. The number of imidazole rings is 1.